The molecule has 0 unspecified atom stereocenters. The number of nitrogens with one attached hydrogen (secondary N) is 2. The fourth-order valence-electron chi connectivity index (χ4n) is 3.81. The van der Waals surface area contributed by atoms with Gasteiger partial charge in [-0.05, 0) is 55.2 Å². The summed E-state index contributed by atoms with van der Waals surface area (Å²) >= 11 is 0. The highest BCUT2D eigenvalue weighted by molar-refractivity contribution is 7.89. The van der Waals surface area contributed by atoms with Gasteiger partial charge in [-0.15, -0.1) is 0 Å². The number of rotatable bonds is 4. The van der Waals surface area contributed by atoms with Crippen molar-refractivity contribution in [2.75, 3.05) is 18.4 Å². The summed E-state index contributed by atoms with van der Waals surface area (Å²) in [6.07, 6.45) is 1.84. The summed E-state index contributed by atoms with van der Waals surface area (Å²) in [5.41, 5.74) is 0.785. The van der Waals surface area contributed by atoms with Crippen LogP contribution in [0.3, 0.4) is 0 Å². The minimum absolute atomic E-state index is 0.120. The second kappa shape index (κ2) is 7.66. The van der Waals surface area contributed by atoms with Crippen LogP contribution in [0.5, 0.6) is 0 Å². The van der Waals surface area contributed by atoms with Crippen LogP contribution in [0, 0.1) is 5.92 Å². The molecule has 3 amide bonds. The van der Waals surface area contributed by atoms with Crippen LogP contribution < -0.4 is 10.6 Å². The molecule has 2 N–H and O–H groups in total. The average Bonchev–Trinajstić information content (AvgIpc) is 3.02. The Morgan fingerprint density at radius 1 is 1.10 bits per heavy atom. The van der Waals surface area contributed by atoms with E-state index in [0.29, 0.717) is 19.0 Å². The Morgan fingerprint density at radius 2 is 1.83 bits per heavy atom. The van der Waals surface area contributed by atoms with E-state index in [0.717, 1.165) is 12.8 Å². The van der Waals surface area contributed by atoms with Crippen molar-refractivity contribution in [2.45, 2.75) is 24.7 Å². The summed E-state index contributed by atoms with van der Waals surface area (Å²) in [6.45, 7) is 3.02. The number of amides is 3. The van der Waals surface area contributed by atoms with E-state index >= 15 is 0 Å². The molecule has 1 atom stereocenters. The van der Waals surface area contributed by atoms with Gasteiger partial charge in [-0.3, -0.25) is 19.7 Å². The van der Waals surface area contributed by atoms with Gasteiger partial charge in [0.15, 0.2) is 0 Å². The van der Waals surface area contributed by atoms with Crippen molar-refractivity contribution in [3.8, 4) is 0 Å². The van der Waals surface area contributed by atoms with Gasteiger partial charge in [0.25, 0.3) is 17.7 Å². The molecule has 2 aliphatic rings. The lowest BCUT2D eigenvalue weighted by Gasteiger charge is -2.30. The van der Waals surface area contributed by atoms with Crippen LogP contribution in [0.25, 0.3) is 0 Å². The van der Waals surface area contributed by atoms with Crippen LogP contribution in [0.1, 0.15) is 50.8 Å². The van der Waals surface area contributed by atoms with Crippen molar-refractivity contribution >= 4 is 33.4 Å². The fourth-order valence-corrected chi connectivity index (χ4v) is 5.41. The van der Waals surface area contributed by atoms with Gasteiger partial charge >= 0.3 is 0 Å². The van der Waals surface area contributed by atoms with E-state index in [1.807, 2.05) is 6.92 Å². The van der Waals surface area contributed by atoms with Crippen LogP contribution in [-0.4, -0.2) is 43.5 Å². The third-order valence-electron chi connectivity index (χ3n) is 5.39. The zero-order valence-corrected chi connectivity index (χ0v) is 17.2. The number of hydrogen-bond donors (Lipinski definition) is 2. The van der Waals surface area contributed by atoms with Crippen LogP contribution in [0.15, 0.2) is 47.4 Å². The van der Waals surface area contributed by atoms with Gasteiger partial charge in [0.05, 0.1) is 21.7 Å². The predicted octanol–water partition coefficient (Wildman–Crippen LogP) is 2.24. The summed E-state index contributed by atoms with van der Waals surface area (Å²) < 4.78 is 27.2. The standard InChI is InChI=1S/C21H21N3O5S/c1-13-4-3-11-24(12-13)30(28,29)15-9-7-14(8-10-15)19(25)22-17-6-2-5-16-18(17)21(27)23-20(16)26/h2,5-10,13H,3-4,11-12H2,1H3,(H,22,25)(H,23,26,27)/t13-/m0/s1. The quantitative estimate of drug-likeness (QED) is 0.727. The Balaban J connectivity index is 1.53. The molecule has 30 heavy (non-hydrogen) atoms. The number of anilines is 1. The zero-order valence-electron chi connectivity index (χ0n) is 16.3. The molecule has 9 heteroatoms. The number of carbonyl (C=O) groups is 3. The SMILES string of the molecule is C[C@H]1CCCN(S(=O)(=O)c2ccc(C(=O)Nc3cccc4c3C(=O)NC4=O)cc2)C1. The highest BCUT2D eigenvalue weighted by atomic mass is 32.2. The van der Waals surface area contributed by atoms with Gasteiger partial charge in [-0.25, -0.2) is 8.42 Å². The molecule has 1 saturated heterocycles. The highest BCUT2D eigenvalue weighted by Gasteiger charge is 2.30. The van der Waals surface area contributed by atoms with E-state index in [1.54, 1.807) is 6.07 Å². The molecule has 0 aliphatic carbocycles. The lowest BCUT2D eigenvalue weighted by atomic mass is 10.0. The maximum absolute atomic E-state index is 12.8. The smallest absolute Gasteiger partial charge is 0.261 e. The molecule has 2 aromatic carbocycles. The molecule has 4 rings (SSSR count). The Kier molecular flexibility index (Phi) is 5.17. The number of hydrogen-bond acceptors (Lipinski definition) is 5. The van der Waals surface area contributed by atoms with Gasteiger partial charge in [-0.1, -0.05) is 13.0 Å². The number of nitrogens with zero attached hydrogens (tertiary/aromatic N) is 1. The molecular formula is C21H21N3O5S. The van der Waals surface area contributed by atoms with E-state index in [9.17, 15) is 22.8 Å². The first-order valence-electron chi connectivity index (χ1n) is 9.67. The summed E-state index contributed by atoms with van der Waals surface area (Å²) in [5, 5.41) is 4.82. The first-order chi connectivity index (χ1) is 14.3. The van der Waals surface area contributed by atoms with Crippen molar-refractivity contribution in [1.29, 1.82) is 0 Å². The third kappa shape index (κ3) is 3.61. The number of piperidine rings is 1. The highest BCUT2D eigenvalue weighted by Crippen LogP contribution is 2.26. The van der Waals surface area contributed by atoms with E-state index in [4.69, 9.17) is 0 Å². The lowest BCUT2D eigenvalue weighted by Crippen LogP contribution is -2.39. The third-order valence-corrected chi connectivity index (χ3v) is 7.26. The second-order valence-electron chi connectivity index (χ2n) is 7.60. The first-order valence-corrected chi connectivity index (χ1v) is 11.1. The summed E-state index contributed by atoms with van der Waals surface area (Å²) in [7, 11) is -3.61. The number of imide groups is 1. The predicted molar refractivity (Wildman–Crippen MR) is 110 cm³/mol. The molecule has 0 bridgehead atoms. The molecule has 2 heterocycles. The van der Waals surface area contributed by atoms with Crippen molar-refractivity contribution in [3.63, 3.8) is 0 Å². The molecule has 0 aromatic heterocycles. The Bertz CT molecular complexity index is 1140. The lowest BCUT2D eigenvalue weighted by molar-refractivity contribution is 0.0879. The molecular weight excluding hydrogens is 406 g/mol. The number of carbonyl (C=O) groups excluding carboxylic acids is 3. The summed E-state index contributed by atoms with van der Waals surface area (Å²) in [4.78, 5) is 36.5. The molecule has 0 saturated carbocycles. The fraction of sp³-hybridized carbons (Fsp3) is 0.286. The van der Waals surface area contributed by atoms with Gasteiger partial charge < -0.3 is 5.32 Å². The Hall–Kier alpha value is -3.04. The van der Waals surface area contributed by atoms with Crippen LogP contribution in [0.4, 0.5) is 5.69 Å². The summed E-state index contributed by atoms with van der Waals surface area (Å²) in [5.74, 6) is -1.27. The molecule has 0 spiro atoms. The maximum atomic E-state index is 12.8. The van der Waals surface area contributed by atoms with Crippen LogP contribution in [0.2, 0.25) is 0 Å². The van der Waals surface area contributed by atoms with Gasteiger partial charge in [0.1, 0.15) is 0 Å². The largest absolute Gasteiger partial charge is 0.321 e. The van der Waals surface area contributed by atoms with E-state index in [1.165, 1.54) is 40.7 Å². The summed E-state index contributed by atoms with van der Waals surface area (Å²) in [6, 6.07) is 10.3. The molecule has 156 valence electrons. The number of fused-ring (bicyclic) bond motifs is 1. The van der Waals surface area contributed by atoms with Crippen molar-refractivity contribution in [2.24, 2.45) is 5.92 Å². The van der Waals surface area contributed by atoms with E-state index in [2.05, 4.69) is 10.6 Å². The van der Waals surface area contributed by atoms with Crippen molar-refractivity contribution in [1.82, 2.24) is 9.62 Å². The first kappa shape index (κ1) is 20.2. The number of sulfonamides is 1. The normalized spacial score (nSPS) is 19.3. The topological polar surface area (TPSA) is 113 Å². The van der Waals surface area contributed by atoms with Crippen LogP contribution >= 0.6 is 0 Å². The maximum Gasteiger partial charge on any atom is 0.261 e. The second-order valence-corrected chi connectivity index (χ2v) is 9.54. The Labute approximate surface area is 174 Å². The van der Waals surface area contributed by atoms with E-state index < -0.39 is 27.7 Å². The molecule has 2 aromatic rings. The molecule has 2 aliphatic heterocycles. The molecule has 1 fully saturated rings. The van der Waals surface area contributed by atoms with Crippen molar-refractivity contribution in [3.05, 3.63) is 59.2 Å². The monoisotopic (exact) mass is 427 g/mol. The minimum Gasteiger partial charge on any atom is -0.321 e. The van der Waals surface area contributed by atoms with Gasteiger partial charge in [0.2, 0.25) is 10.0 Å². The average molecular weight is 427 g/mol. The number of benzene rings is 2. The molecule has 0 radical (unpaired) electrons. The Morgan fingerprint density at radius 3 is 2.53 bits per heavy atom. The van der Waals surface area contributed by atoms with Gasteiger partial charge in [0, 0.05) is 18.7 Å². The minimum atomic E-state index is -3.61. The van der Waals surface area contributed by atoms with Crippen LogP contribution in [-0.2, 0) is 10.0 Å². The van der Waals surface area contributed by atoms with Crippen molar-refractivity contribution < 1.29 is 22.8 Å². The molecule has 8 nitrogen and oxygen atoms in total. The zero-order chi connectivity index (χ0) is 21.5. The van der Waals surface area contributed by atoms with Gasteiger partial charge in [-0.2, -0.15) is 4.31 Å². The van der Waals surface area contributed by atoms with E-state index in [-0.39, 0.29) is 27.3 Å².